The van der Waals surface area contributed by atoms with Gasteiger partial charge < -0.3 is 14.6 Å². The van der Waals surface area contributed by atoms with E-state index in [1.165, 1.54) is 23.8 Å². The maximum absolute atomic E-state index is 12.1. The van der Waals surface area contributed by atoms with Gasteiger partial charge in [0.2, 0.25) is 5.91 Å². The normalized spacial score (nSPS) is 10.9. The number of ether oxygens (including phenoxy) is 1. The minimum absolute atomic E-state index is 0.0919. The molecule has 0 spiro atoms. The number of aromatic nitrogens is 1. The van der Waals surface area contributed by atoms with E-state index in [-0.39, 0.29) is 24.4 Å². The molecule has 1 N–H and O–H groups in total. The van der Waals surface area contributed by atoms with Crippen molar-refractivity contribution in [3.63, 3.8) is 0 Å². The highest BCUT2D eigenvalue weighted by Crippen LogP contribution is 2.15. The molecule has 120 valence electrons. The fourth-order valence-electron chi connectivity index (χ4n) is 2.27. The third-order valence-corrected chi connectivity index (χ3v) is 3.40. The number of carbonyl (C=O) groups excluding carboxylic acids is 2. The van der Waals surface area contributed by atoms with Gasteiger partial charge in [-0.3, -0.25) is 9.59 Å². The van der Waals surface area contributed by atoms with Crippen LogP contribution < -0.4 is 10.9 Å². The molecule has 0 atom stereocenters. The number of benzene rings is 1. The number of nitrogens with one attached hydrogen (secondary N) is 1. The van der Waals surface area contributed by atoms with Gasteiger partial charge in [0.15, 0.2) is 0 Å². The van der Waals surface area contributed by atoms with Crippen molar-refractivity contribution >= 4 is 22.6 Å². The predicted molar refractivity (Wildman–Crippen MR) is 87.1 cm³/mol. The summed E-state index contributed by atoms with van der Waals surface area (Å²) in [5.74, 6) is -0.661. The van der Waals surface area contributed by atoms with E-state index in [2.05, 4.69) is 10.1 Å². The number of rotatable bonds is 5. The molecule has 0 unspecified atom stereocenters. The summed E-state index contributed by atoms with van der Waals surface area (Å²) < 4.78 is 5.93. The third-order valence-electron chi connectivity index (χ3n) is 3.40. The lowest BCUT2D eigenvalue weighted by Crippen LogP contribution is -2.26. The van der Waals surface area contributed by atoms with E-state index in [0.29, 0.717) is 5.39 Å². The summed E-state index contributed by atoms with van der Waals surface area (Å²) >= 11 is 0. The van der Waals surface area contributed by atoms with E-state index in [4.69, 9.17) is 0 Å². The number of nitrogens with zero attached hydrogens (tertiary/aromatic N) is 1. The SMILES string of the molecule is COC(=O)/C=C/CNC(=O)Cc1cn(C)c(=O)c2ccccc12. The highest BCUT2D eigenvalue weighted by molar-refractivity contribution is 5.89. The number of pyridine rings is 1. The molecule has 1 amide bonds. The Labute approximate surface area is 133 Å². The van der Waals surface area contributed by atoms with Crippen LogP contribution >= 0.6 is 0 Å². The summed E-state index contributed by atoms with van der Waals surface area (Å²) in [5, 5.41) is 4.05. The van der Waals surface area contributed by atoms with Crippen molar-refractivity contribution in [1.82, 2.24) is 9.88 Å². The van der Waals surface area contributed by atoms with Gasteiger partial charge in [-0.15, -0.1) is 0 Å². The van der Waals surface area contributed by atoms with E-state index in [9.17, 15) is 14.4 Å². The average Bonchev–Trinajstić information content (AvgIpc) is 2.56. The van der Waals surface area contributed by atoms with Crippen LogP contribution in [0.4, 0.5) is 0 Å². The molecule has 0 saturated heterocycles. The van der Waals surface area contributed by atoms with Crippen LogP contribution in [-0.4, -0.2) is 30.1 Å². The van der Waals surface area contributed by atoms with Gasteiger partial charge in [-0.2, -0.15) is 0 Å². The second-order valence-corrected chi connectivity index (χ2v) is 5.02. The number of carbonyl (C=O) groups is 2. The molecule has 0 fully saturated rings. The van der Waals surface area contributed by atoms with E-state index in [0.717, 1.165) is 10.9 Å². The molecule has 0 aliphatic carbocycles. The average molecular weight is 314 g/mol. The van der Waals surface area contributed by atoms with Gasteiger partial charge in [0, 0.05) is 31.3 Å². The summed E-state index contributed by atoms with van der Waals surface area (Å²) in [5.41, 5.74) is 0.683. The monoisotopic (exact) mass is 314 g/mol. The zero-order chi connectivity index (χ0) is 16.8. The second-order valence-electron chi connectivity index (χ2n) is 5.02. The molecule has 0 radical (unpaired) electrons. The van der Waals surface area contributed by atoms with Gasteiger partial charge >= 0.3 is 5.97 Å². The van der Waals surface area contributed by atoms with Crippen LogP contribution in [-0.2, 0) is 27.8 Å². The van der Waals surface area contributed by atoms with Crippen molar-refractivity contribution in [2.45, 2.75) is 6.42 Å². The summed E-state index contributed by atoms with van der Waals surface area (Å²) in [6, 6.07) is 7.21. The Hall–Kier alpha value is -2.89. The lowest BCUT2D eigenvalue weighted by Gasteiger charge is -2.09. The first-order valence-corrected chi connectivity index (χ1v) is 7.11. The molecule has 2 aromatic rings. The molecule has 1 aromatic heterocycles. The van der Waals surface area contributed by atoms with E-state index in [1.54, 1.807) is 25.4 Å². The standard InChI is InChI=1S/C17H18N2O4/c1-19-11-12(13-6-3-4-7-14(13)17(19)22)10-15(20)18-9-5-8-16(21)23-2/h3-8,11H,9-10H2,1-2H3,(H,18,20)/b8-5+. The number of esters is 1. The summed E-state index contributed by atoms with van der Waals surface area (Å²) in [6.45, 7) is 0.234. The van der Waals surface area contributed by atoms with Crippen LogP contribution in [0.25, 0.3) is 10.8 Å². The highest BCUT2D eigenvalue weighted by atomic mass is 16.5. The van der Waals surface area contributed by atoms with E-state index in [1.807, 2.05) is 12.1 Å². The summed E-state index contributed by atoms with van der Waals surface area (Å²) in [7, 11) is 2.95. The minimum atomic E-state index is -0.469. The molecule has 1 heterocycles. The molecule has 1 aromatic carbocycles. The molecule has 0 aliphatic rings. The number of aryl methyl sites for hydroxylation is 1. The first-order valence-electron chi connectivity index (χ1n) is 7.11. The van der Waals surface area contributed by atoms with Crippen LogP contribution in [0.2, 0.25) is 0 Å². The maximum atomic E-state index is 12.1. The van der Waals surface area contributed by atoms with Crippen molar-refractivity contribution in [3.8, 4) is 0 Å². The van der Waals surface area contributed by atoms with Gasteiger partial charge in [0.25, 0.3) is 5.56 Å². The molecule has 23 heavy (non-hydrogen) atoms. The molecular weight excluding hydrogens is 296 g/mol. The number of hydrogen-bond donors (Lipinski definition) is 1. The van der Waals surface area contributed by atoms with Crippen molar-refractivity contribution in [3.05, 3.63) is 58.5 Å². The van der Waals surface area contributed by atoms with Crippen LogP contribution in [0, 0.1) is 0 Å². The third kappa shape index (κ3) is 4.06. The van der Waals surface area contributed by atoms with Crippen molar-refractivity contribution < 1.29 is 14.3 Å². The molecule has 6 heteroatoms. The largest absolute Gasteiger partial charge is 0.466 e. The van der Waals surface area contributed by atoms with Crippen LogP contribution in [0.1, 0.15) is 5.56 Å². The van der Waals surface area contributed by atoms with Gasteiger partial charge in [-0.1, -0.05) is 24.3 Å². The zero-order valence-corrected chi connectivity index (χ0v) is 13.0. The Morgan fingerprint density at radius 3 is 2.65 bits per heavy atom. The number of methoxy groups -OCH3 is 1. The van der Waals surface area contributed by atoms with Crippen LogP contribution in [0.5, 0.6) is 0 Å². The first-order chi connectivity index (χ1) is 11.0. The fourth-order valence-corrected chi connectivity index (χ4v) is 2.27. The zero-order valence-electron chi connectivity index (χ0n) is 13.0. The molecule has 0 bridgehead atoms. The molecule has 0 aliphatic heterocycles. The Morgan fingerprint density at radius 1 is 1.26 bits per heavy atom. The maximum Gasteiger partial charge on any atom is 0.330 e. The van der Waals surface area contributed by atoms with Gasteiger partial charge in [0.05, 0.1) is 13.5 Å². The predicted octanol–water partition coefficient (Wildman–Crippen LogP) is 0.926. The van der Waals surface area contributed by atoms with Crippen molar-refractivity contribution in [2.75, 3.05) is 13.7 Å². The minimum Gasteiger partial charge on any atom is -0.466 e. The number of hydrogen-bond acceptors (Lipinski definition) is 4. The van der Waals surface area contributed by atoms with E-state index < -0.39 is 5.97 Å². The molecule has 0 saturated carbocycles. The summed E-state index contributed by atoms with van der Waals surface area (Å²) in [6.07, 6.45) is 4.60. The number of fused-ring (bicyclic) bond motifs is 1. The van der Waals surface area contributed by atoms with Gasteiger partial charge in [-0.25, -0.2) is 4.79 Å². The van der Waals surface area contributed by atoms with Crippen molar-refractivity contribution in [1.29, 1.82) is 0 Å². The first kappa shape index (κ1) is 16.5. The Morgan fingerprint density at radius 2 is 1.96 bits per heavy atom. The van der Waals surface area contributed by atoms with Gasteiger partial charge in [-0.05, 0) is 17.0 Å². The smallest absolute Gasteiger partial charge is 0.330 e. The van der Waals surface area contributed by atoms with E-state index >= 15 is 0 Å². The lowest BCUT2D eigenvalue weighted by atomic mass is 10.0. The Kier molecular flexibility index (Phi) is 5.30. The Balaban J connectivity index is 2.11. The Bertz CT molecular complexity index is 821. The number of amides is 1. The molecule has 6 nitrogen and oxygen atoms in total. The lowest BCUT2D eigenvalue weighted by molar-refractivity contribution is -0.134. The highest BCUT2D eigenvalue weighted by Gasteiger charge is 2.10. The van der Waals surface area contributed by atoms with Crippen molar-refractivity contribution in [2.24, 2.45) is 7.05 Å². The molecule has 2 rings (SSSR count). The molecular formula is C17H18N2O4. The second kappa shape index (κ2) is 7.40. The van der Waals surface area contributed by atoms with Crippen LogP contribution in [0.3, 0.4) is 0 Å². The quantitative estimate of drug-likeness (QED) is 0.658. The van der Waals surface area contributed by atoms with Gasteiger partial charge in [0.1, 0.15) is 0 Å². The fraction of sp³-hybridized carbons (Fsp3) is 0.235. The summed E-state index contributed by atoms with van der Waals surface area (Å²) in [4.78, 5) is 35.0. The van der Waals surface area contributed by atoms with Crippen LogP contribution in [0.15, 0.2) is 47.4 Å². The topological polar surface area (TPSA) is 77.4 Å².